The maximum atomic E-state index is 12.5. The summed E-state index contributed by atoms with van der Waals surface area (Å²) in [6.07, 6.45) is 2.12. The van der Waals surface area contributed by atoms with E-state index in [2.05, 4.69) is 0 Å². The Kier molecular flexibility index (Phi) is 2.74. The monoisotopic (exact) mass is 264 g/mol. The Morgan fingerprint density at radius 3 is 3.00 bits per heavy atom. The standard InChI is InChI=1S/C14H16O5/c1-18-13(17)14-5-4-8(12(14)16)10(15)7-9(14)11-3-2-6-19-11/h2-3,6,8-10,15H,4-5,7H2,1H3/t8-,9-,10+,14+/m0/s1. The zero-order chi connectivity index (χ0) is 13.6. The highest BCUT2D eigenvalue weighted by atomic mass is 16.5. The molecule has 2 aliphatic carbocycles. The van der Waals surface area contributed by atoms with Gasteiger partial charge in [-0.05, 0) is 31.4 Å². The largest absolute Gasteiger partial charge is 0.469 e. The summed E-state index contributed by atoms with van der Waals surface area (Å²) in [6.45, 7) is 0. The molecule has 0 radical (unpaired) electrons. The fourth-order valence-corrected chi connectivity index (χ4v) is 3.66. The van der Waals surface area contributed by atoms with E-state index in [0.717, 1.165) is 0 Å². The highest BCUT2D eigenvalue weighted by molar-refractivity contribution is 6.08. The summed E-state index contributed by atoms with van der Waals surface area (Å²) in [5, 5.41) is 10.1. The molecular weight excluding hydrogens is 248 g/mol. The van der Waals surface area contributed by atoms with Gasteiger partial charge in [-0.15, -0.1) is 0 Å². The molecule has 0 aromatic carbocycles. The molecule has 2 saturated carbocycles. The summed E-state index contributed by atoms with van der Waals surface area (Å²) in [7, 11) is 1.29. The Balaban J connectivity index is 2.10. The average molecular weight is 264 g/mol. The number of hydrogen-bond donors (Lipinski definition) is 1. The van der Waals surface area contributed by atoms with Gasteiger partial charge >= 0.3 is 5.97 Å². The molecule has 0 saturated heterocycles. The summed E-state index contributed by atoms with van der Waals surface area (Å²) in [5.74, 6) is -1.01. The molecule has 1 N–H and O–H groups in total. The average Bonchev–Trinajstić information content (AvgIpc) is 3.00. The van der Waals surface area contributed by atoms with Crippen molar-refractivity contribution in [3.63, 3.8) is 0 Å². The molecule has 19 heavy (non-hydrogen) atoms. The van der Waals surface area contributed by atoms with Crippen molar-refractivity contribution in [1.82, 2.24) is 0 Å². The first-order chi connectivity index (χ1) is 9.11. The van der Waals surface area contributed by atoms with Crippen LogP contribution in [-0.4, -0.2) is 30.1 Å². The zero-order valence-electron chi connectivity index (χ0n) is 10.7. The van der Waals surface area contributed by atoms with Crippen LogP contribution in [0.3, 0.4) is 0 Å². The van der Waals surface area contributed by atoms with Crippen molar-refractivity contribution in [2.75, 3.05) is 7.11 Å². The number of Topliss-reactive ketones (excluding diaryl/α,β-unsaturated/α-hetero) is 1. The Labute approximate surface area is 110 Å². The van der Waals surface area contributed by atoms with Gasteiger partial charge in [-0.2, -0.15) is 0 Å². The van der Waals surface area contributed by atoms with E-state index < -0.39 is 29.3 Å². The van der Waals surface area contributed by atoms with Crippen LogP contribution >= 0.6 is 0 Å². The number of carbonyl (C=O) groups is 2. The van der Waals surface area contributed by atoms with Crippen LogP contribution in [0.2, 0.25) is 0 Å². The molecule has 5 heteroatoms. The molecule has 1 aromatic heterocycles. The van der Waals surface area contributed by atoms with Gasteiger partial charge in [0.05, 0.1) is 19.5 Å². The predicted octanol–water partition coefficient (Wildman–Crippen LogP) is 1.27. The van der Waals surface area contributed by atoms with Crippen LogP contribution in [-0.2, 0) is 14.3 Å². The molecule has 0 amide bonds. The van der Waals surface area contributed by atoms with Crippen molar-refractivity contribution in [3.8, 4) is 0 Å². The third kappa shape index (κ3) is 1.51. The quantitative estimate of drug-likeness (QED) is 0.643. The van der Waals surface area contributed by atoms with Crippen LogP contribution in [0.25, 0.3) is 0 Å². The number of ether oxygens (including phenoxy) is 1. The molecule has 0 aliphatic heterocycles. The van der Waals surface area contributed by atoms with Crippen molar-refractivity contribution in [2.24, 2.45) is 11.3 Å². The van der Waals surface area contributed by atoms with Crippen molar-refractivity contribution < 1.29 is 23.8 Å². The predicted molar refractivity (Wildman–Crippen MR) is 64.3 cm³/mol. The van der Waals surface area contributed by atoms with Crippen LogP contribution in [0.5, 0.6) is 0 Å². The van der Waals surface area contributed by atoms with E-state index >= 15 is 0 Å². The number of aliphatic hydroxyl groups is 1. The highest BCUT2D eigenvalue weighted by Crippen LogP contribution is 2.56. The molecule has 2 aliphatic rings. The molecular formula is C14H16O5. The molecule has 4 atom stereocenters. The molecule has 2 bridgehead atoms. The second-order valence-corrected chi connectivity index (χ2v) is 5.34. The number of aliphatic hydroxyl groups excluding tert-OH is 1. The Morgan fingerprint density at radius 2 is 2.37 bits per heavy atom. The van der Waals surface area contributed by atoms with Gasteiger partial charge in [-0.1, -0.05) is 0 Å². The van der Waals surface area contributed by atoms with Crippen LogP contribution in [0.15, 0.2) is 22.8 Å². The fraction of sp³-hybridized carbons (Fsp3) is 0.571. The summed E-state index contributed by atoms with van der Waals surface area (Å²) in [6, 6.07) is 3.46. The number of rotatable bonds is 2. The molecule has 3 rings (SSSR count). The van der Waals surface area contributed by atoms with Gasteiger partial charge in [0.2, 0.25) is 0 Å². The Hall–Kier alpha value is -1.62. The maximum absolute atomic E-state index is 12.5. The minimum atomic E-state index is -1.17. The van der Waals surface area contributed by atoms with E-state index in [1.54, 1.807) is 12.1 Å². The number of carbonyl (C=O) groups excluding carboxylic acids is 2. The van der Waals surface area contributed by atoms with Gasteiger partial charge in [0.1, 0.15) is 11.2 Å². The molecule has 102 valence electrons. The normalized spacial score (nSPS) is 37.4. The van der Waals surface area contributed by atoms with Crippen molar-refractivity contribution in [3.05, 3.63) is 24.2 Å². The van der Waals surface area contributed by atoms with Crippen LogP contribution in [0.4, 0.5) is 0 Å². The number of hydrogen-bond acceptors (Lipinski definition) is 5. The van der Waals surface area contributed by atoms with E-state index in [4.69, 9.17) is 9.15 Å². The highest BCUT2D eigenvalue weighted by Gasteiger charge is 2.64. The Morgan fingerprint density at radius 1 is 1.58 bits per heavy atom. The topological polar surface area (TPSA) is 76.7 Å². The number of ketones is 1. The molecule has 1 aromatic rings. The van der Waals surface area contributed by atoms with Crippen LogP contribution in [0.1, 0.15) is 30.9 Å². The minimum absolute atomic E-state index is 0.195. The lowest BCUT2D eigenvalue weighted by atomic mass is 9.64. The second kappa shape index (κ2) is 4.20. The molecule has 5 nitrogen and oxygen atoms in total. The van der Waals surface area contributed by atoms with E-state index in [1.807, 2.05) is 0 Å². The van der Waals surface area contributed by atoms with Gasteiger partial charge in [-0.25, -0.2) is 0 Å². The van der Waals surface area contributed by atoms with Crippen molar-refractivity contribution in [1.29, 1.82) is 0 Å². The van der Waals surface area contributed by atoms with Gasteiger partial charge in [-0.3, -0.25) is 9.59 Å². The lowest BCUT2D eigenvalue weighted by molar-refractivity contribution is -0.163. The number of esters is 1. The minimum Gasteiger partial charge on any atom is -0.469 e. The molecule has 1 heterocycles. The summed E-state index contributed by atoms with van der Waals surface area (Å²) < 4.78 is 10.2. The zero-order valence-corrected chi connectivity index (χ0v) is 10.7. The summed E-state index contributed by atoms with van der Waals surface area (Å²) in [5.41, 5.74) is -1.17. The van der Waals surface area contributed by atoms with Crippen molar-refractivity contribution in [2.45, 2.75) is 31.3 Å². The molecule has 0 spiro atoms. The van der Waals surface area contributed by atoms with Gasteiger partial charge in [0, 0.05) is 11.8 Å². The fourth-order valence-electron chi connectivity index (χ4n) is 3.66. The summed E-state index contributed by atoms with van der Waals surface area (Å²) >= 11 is 0. The second-order valence-electron chi connectivity index (χ2n) is 5.34. The van der Waals surface area contributed by atoms with Crippen molar-refractivity contribution >= 4 is 11.8 Å². The van der Waals surface area contributed by atoms with E-state index in [1.165, 1.54) is 13.4 Å². The van der Waals surface area contributed by atoms with E-state index in [0.29, 0.717) is 25.0 Å². The molecule has 0 unspecified atom stereocenters. The third-order valence-corrected chi connectivity index (χ3v) is 4.60. The SMILES string of the molecule is COC(=O)[C@@]12CC[C@H](C1=O)[C@H](O)C[C@H]2c1ccco1. The Bertz CT molecular complexity index is 506. The lowest BCUT2D eigenvalue weighted by Gasteiger charge is -2.38. The molecule has 2 fully saturated rings. The third-order valence-electron chi connectivity index (χ3n) is 4.60. The van der Waals surface area contributed by atoms with Crippen LogP contribution < -0.4 is 0 Å². The van der Waals surface area contributed by atoms with E-state index in [-0.39, 0.29) is 5.78 Å². The number of furan rings is 1. The van der Waals surface area contributed by atoms with Gasteiger partial charge in [0.15, 0.2) is 5.78 Å². The van der Waals surface area contributed by atoms with Gasteiger partial charge in [0.25, 0.3) is 0 Å². The smallest absolute Gasteiger partial charge is 0.320 e. The first-order valence-corrected chi connectivity index (χ1v) is 6.45. The van der Waals surface area contributed by atoms with Crippen LogP contribution in [0, 0.1) is 11.3 Å². The first-order valence-electron chi connectivity index (χ1n) is 6.45. The first kappa shape index (κ1) is 12.4. The maximum Gasteiger partial charge on any atom is 0.320 e. The van der Waals surface area contributed by atoms with E-state index in [9.17, 15) is 14.7 Å². The lowest BCUT2D eigenvalue weighted by Crippen LogP contribution is -2.49. The number of methoxy groups -OCH3 is 1. The van der Waals surface area contributed by atoms with Gasteiger partial charge < -0.3 is 14.3 Å². The number of fused-ring (bicyclic) bond motifs is 2. The summed E-state index contributed by atoms with van der Waals surface area (Å²) in [4.78, 5) is 24.7.